The SMILES string of the molecule is C[C@@H](C(=O)N(Cc1ccco1)C[C@@H]1CCCO1)N1CCSCC1. The number of amides is 1. The van der Waals surface area contributed by atoms with E-state index in [0.717, 1.165) is 49.8 Å². The van der Waals surface area contributed by atoms with Crippen LogP contribution in [0.2, 0.25) is 0 Å². The van der Waals surface area contributed by atoms with E-state index < -0.39 is 0 Å². The van der Waals surface area contributed by atoms with Crippen molar-refractivity contribution in [1.82, 2.24) is 9.80 Å². The van der Waals surface area contributed by atoms with Gasteiger partial charge in [-0.05, 0) is 31.9 Å². The quantitative estimate of drug-likeness (QED) is 0.796. The Hall–Kier alpha value is -0.980. The Morgan fingerprint density at radius 3 is 2.96 bits per heavy atom. The molecule has 0 bridgehead atoms. The number of rotatable bonds is 6. The van der Waals surface area contributed by atoms with E-state index in [4.69, 9.17) is 9.15 Å². The largest absolute Gasteiger partial charge is 0.467 e. The second-order valence-electron chi connectivity index (χ2n) is 6.26. The molecule has 2 atom stereocenters. The average molecular weight is 338 g/mol. The van der Waals surface area contributed by atoms with E-state index in [1.165, 1.54) is 0 Å². The number of furan rings is 1. The first kappa shape index (κ1) is 16.9. The van der Waals surface area contributed by atoms with Crippen molar-refractivity contribution in [1.29, 1.82) is 0 Å². The van der Waals surface area contributed by atoms with Crippen LogP contribution >= 0.6 is 11.8 Å². The Bertz CT molecular complexity index is 482. The highest BCUT2D eigenvalue weighted by Gasteiger charge is 2.30. The monoisotopic (exact) mass is 338 g/mol. The van der Waals surface area contributed by atoms with Crippen LogP contribution in [0.4, 0.5) is 0 Å². The Morgan fingerprint density at radius 2 is 2.30 bits per heavy atom. The molecule has 3 rings (SSSR count). The fourth-order valence-corrected chi connectivity index (χ4v) is 4.17. The molecule has 2 aliphatic rings. The Morgan fingerprint density at radius 1 is 1.48 bits per heavy atom. The van der Waals surface area contributed by atoms with Gasteiger partial charge in [-0.2, -0.15) is 11.8 Å². The molecule has 23 heavy (non-hydrogen) atoms. The van der Waals surface area contributed by atoms with Crippen molar-refractivity contribution in [3.8, 4) is 0 Å². The molecule has 0 aliphatic carbocycles. The maximum Gasteiger partial charge on any atom is 0.240 e. The van der Waals surface area contributed by atoms with E-state index in [1.807, 2.05) is 35.7 Å². The fourth-order valence-electron chi connectivity index (χ4n) is 3.24. The van der Waals surface area contributed by atoms with Crippen LogP contribution < -0.4 is 0 Å². The van der Waals surface area contributed by atoms with Crippen LogP contribution in [-0.2, 0) is 16.1 Å². The van der Waals surface area contributed by atoms with Crippen molar-refractivity contribution in [2.75, 3.05) is 37.7 Å². The average Bonchev–Trinajstić information content (AvgIpc) is 3.27. The number of hydrogen-bond donors (Lipinski definition) is 0. The lowest BCUT2D eigenvalue weighted by Gasteiger charge is -2.35. The van der Waals surface area contributed by atoms with Crippen LogP contribution in [0.25, 0.3) is 0 Å². The van der Waals surface area contributed by atoms with E-state index in [1.54, 1.807) is 6.26 Å². The molecule has 5 nitrogen and oxygen atoms in total. The van der Waals surface area contributed by atoms with Crippen molar-refractivity contribution in [3.63, 3.8) is 0 Å². The molecule has 2 saturated heterocycles. The van der Waals surface area contributed by atoms with Crippen LogP contribution in [-0.4, -0.2) is 65.6 Å². The van der Waals surface area contributed by atoms with Crippen LogP contribution in [0, 0.1) is 0 Å². The van der Waals surface area contributed by atoms with Gasteiger partial charge in [0.15, 0.2) is 0 Å². The second kappa shape index (κ2) is 8.22. The van der Waals surface area contributed by atoms with Gasteiger partial charge in [0.2, 0.25) is 5.91 Å². The highest BCUT2D eigenvalue weighted by atomic mass is 32.2. The molecule has 0 N–H and O–H groups in total. The molecule has 1 amide bonds. The third kappa shape index (κ3) is 4.52. The van der Waals surface area contributed by atoms with Gasteiger partial charge in [0.25, 0.3) is 0 Å². The molecule has 1 aromatic rings. The maximum atomic E-state index is 13.0. The molecular formula is C17H26N2O3S. The summed E-state index contributed by atoms with van der Waals surface area (Å²) in [5.74, 6) is 3.24. The molecular weight excluding hydrogens is 312 g/mol. The summed E-state index contributed by atoms with van der Waals surface area (Å²) < 4.78 is 11.2. The van der Waals surface area contributed by atoms with Crippen molar-refractivity contribution in [2.24, 2.45) is 0 Å². The minimum Gasteiger partial charge on any atom is -0.467 e. The van der Waals surface area contributed by atoms with Gasteiger partial charge < -0.3 is 14.1 Å². The highest BCUT2D eigenvalue weighted by molar-refractivity contribution is 7.99. The van der Waals surface area contributed by atoms with E-state index in [0.29, 0.717) is 13.1 Å². The van der Waals surface area contributed by atoms with Gasteiger partial charge in [-0.1, -0.05) is 0 Å². The van der Waals surface area contributed by atoms with E-state index >= 15 is 0 Å². The molecule has 0 aromatic carbocycles. The minimum absolute atomic E-state index is 0.0766. The van der Waals surface area contributed by atoms with Gasteiger partial charge in [0, 0.05) is 37.7 Å². The zero-order chi connectivity index (χ0) is 16.1. The van der Waals surface area contributed by atoms with Gasteiger partial charge in [-0.25, -0.2) is 0 Å². The van der Waals surface area contributed by atoms with E-state index in [2.05, 4.69) is 4.90 Å². The highest BCUT2D eigenvalue weighted by Crippen LogP contribution is 2.19. The Labute approximate surface area is 142 Å². The molecule has 2 fully saturated rings. The Kier molecular flexibility index (Phi) is 6.02. The van der Waals surface area contributed by atoms with Crippen molar-refractivity contribution >= 4 is 17.7 Å². The van der Waals surface area contributed by atoms with Gasteiger partial charge >= 0.3 is 0 Å². The second-order valence-corrected chi connectivity index (χ2v) is 7.48. The summed E-state index contributed by atoms with van der Waals surface area (Å²) in [4.78, 5) is 17.2. The number of carbonyl (C=O) groups is 1. The summed E-state index contributed by atoms with van der Waals surface area (Å²) >= 11 is 1.96. The molecule has 2 aliphatic heterocycles. The van der Waals surface area contributed by atoms with Crippen molar-refractivity contribution < 1.29 is 13.9 Å². The number of ether oxygens (including phenoxy) is 1. The van der Waals surface area contributed by atoms with Crippen molar-refractivity contribution in [3.05, 3.63) is 24.2 Å². The predicted molar refractivity (Wildman–Crippen MR) is 91.5 cm³/mol. The van der Waals surface area contributed by atoms with E-state index in [9.17, 15) is 4.79 Å². The summed E-state index contributed by atoms with van der Waals surface area (Å²) in [6, 6.07) is 3.72. The van der Waals surface area contributed by atoms with Gasteiger partial charge in [0.05, 0.1) is 25.0 Å². The minimum atomic E-state index is -0.0766. The topological polar surface area (TPSA) is 45.9 Å². The zero-order valence-corrected chi connectivity index (χ0v) is 14.6. The van der Waals surface area contributed by atoms with Crippen molar-refractivity contribution in [2.45, 2.75) is 38.5 Å². The van der Waals surface area contributed by atoms with Crippen LogP contribution in [0.3, 0.4) is 0 Å². The third-order valence-electron chi connectivity index (χ3n) is 4.64. The summed E-state index contributed by atoms with van der Waals surface area (Å²) in [7, 11) is 0. The van der Waals surface area contributed by atoms with Gasteiger partial charge in [0.1, 0.15) is 5.76 Å². The first-order valence-electron chi connectivity index (χ1n) is 8.48. The van der Waals surface area contributed by atoms with Crippen LogP contribution in [0.15, 0.2) is 22.8 Å². The molecule has 1 aromatic heterocycles. The normalized spacial score (nSPS) is 23.8. The molecule has 0 radical (unpaired) electrons. The number of nitrogens with zero attached hydrogens (tertiary/aromatic N) is 2. The first-order chi connectivity index (χ1) is 11.2. The maximum absolute atomic E-state index is 13.0. The van der Waals surface area contributed by atoms with Crippen LogP contribution in [0.1, 0.15) is 25.5 Å². The van der Waals surface area contributed by atoms with Gasteiger partial charge in [-0.15, -0.1) is 0 Å². The fraction of sp³-hybridized carbons (Fsp3) is 0.706. The zero-order valence-electron chi connectivity index (χ0n) is 13.8. The molecule has 0 spiro atoms. The van der Waals surface area contributed by atoms with Gasteiger partial charge in [-0.3, -0.25) is 9.69 Å². The lowest BCUT2D eigenvalue weighted by Crippen LogP contribution is -2.50. The summed E-state index contributed by atoms with van der Waals surface area (Å²) in [5, 5.41) is 0. The third-order valence-corrected chi connectivity index (χ3v) is 5.58. The molecule has 128 valence electrons. The van der Waals surface area contributed by atoms with Crippen LogP contribution in [0.5, 0.6) is 0 Å². The number of thioether (sulfide) groups is 1. The summed E-state index contributed by atoms with van der Waals surface area (Å²) in [5.41, 5.74) is 0. The summed E-state index contributed by atoms with van der Waals surface area (Å²) in [6.45, 7) is 6.01. The molecule has 3 heterocycles. The number of hydrogen-bond acceptors (Lipinski definition) is 5. The lowest BCUT2D eigenvalue weighted by atomic mass is 10.2. The van der Waals surface area contributed by atoms with E-state index in [-0.39, 0.29) is 18.1 Å². The molecule has 0 unspecified atom stereocenters. The Balaban J connectivity index is 1.65. The predicted octanol–water partition coefficient (Wildman–Crippen LogP) is 2.22. The summed E-state index contributed by atoms with van der Waals surface area (Å²) in [6.07, 6.45) is 3.95. The molecule has 6 heteroatoms. The lowest BCUT2D eigenvalue weighted by molar-refractivity contribution is -0.138. The smallest absolute Gasteiger partial charge is 0.240 e. The first-order valence-corrected chi connectivity index (χ1v) is 9.64. The molecule has 0 saturated carbocycles. The number of carbonyl (C=O) groups excluding carboxylic acids is 1. The standard InChI is InChI=1S/C17H26N2O3S/c1-14(18-6-10-23-11-7-18)17(20)19(12-15-4-2-8-21-15)13-16-5-3-9-22-16/h2,4,8,14,16H,3,5-7,9-13H2,1H3/t14-,16-/m0/s1.